The van der Waals surface area contributed by atoms with Crippen LogP contribution in [0.5, 0.6) is 0 Å². The zero-order valence-electron chi connectivity index (χ0n) is 5.84. The van der Waals surface area contributed by atoms with E-state index in [1.807, 2.05) is 6.07 Å². The summed E-state index contributed by atoms with van der Waals surface area (Å²) in [6, 6.07) is 7.04. The van der Waals surface area contributed by atoms with Crippen LogP contribution in [-0.4, -0.2) is 4.33 Å². The predicted octanol–water partition coefficient (Wildman–Crippen LogP) is 2.91. The largest absolute Gasteiger partial charge is 0.265 e. The minimum Gasteiger partial charge on any atom is -0.250 e. The first-order valence-corrected chi connectivity index (χ1v) is 5.60. The van der Waals surface area contributed by atoms with Crippen LogP contribution in [-0.2, 0) is 0 Å². The van der Waals surface area contributed by atoms with Crippen molar-refractivity contribution in [1.29, 1.82) is 0 Å². The monoisotopic (exact) mass is 219 g/mol. The highest BCUT2D eigenvalue weighted by Crippen LogP contribution is 2.26. The Morgan fingerprint density at radius 2 is 2.08 bits per heavy atom. The lowest BCUT2D eigenvalue weighted by atomic mass is 10.4. The zero-order chi connectivity index (χ0) is 8.97. The lowest BCUT2D eigenvalue weighted by Crippen LogP contribution is -1.82. The van der Waals surface area contributed by atoms with Gasteiger partial charge in [0.05, 0.1) is 4.90 Å². The van der Waals surface area contributed by atoms with E-state index in [0.29, 0.717) is 16.8 Å². The van der Waals surface area contributed by atoms with Crippen molar-refractivity contribution in [2.45, 2.75) is 9.79 Å². The molecule has 0 amide bonds. The molecule has 0 bridgehead atoms. The van der Waals surface area contributed by atoms with Crippen molar-refractivity contribution < 1.29 is 4.33 Å². The number of thiol groups is 1. The zero-order valence-corrected chi connectivity index (χ0v) is 8.36. The van der Waals surface area contributed by atoms with E-state index in [0.717, 1.165) is 4.90 Å². The summed E-state index contributed by atoms with van der Waals surface area (Å²) in [7, 11) is 1.27. The first-order chi connectivity index (χ1) is 5.72. The Hall–Kier alpha value is -0.330. The molecule has 0 radical (unpaired) electrons. The first-order valence-electron chi connectivity index (χ1n) is 2.96. The van der Waals surface area contributed by atoms with Crippen LogP contribution in [0.2, 0.25) is 0 Å². The van der Waals surface area contributed by atoms with Crippen LogP contribution in [0.3, 0.4) is 0 Å². The Bertz CT molecular complexity index is 292. The lowest BCUT2D eigenvalue weighted by molar-refractivity contribution is -0.284. The molecule has 0 N–H and O–H groups in total. The van der Waals surface area contributed by atoms with Crippen LogP contribution in [0.1, 0.15) is 0 Å². The number of nitro groups is 1. The Kier molecular flexibility index (Phi) is 3.77. The molecule has 1 aromatic rings. The topological polar surface area (TPSA) is 43.1 Å². The number of rotatable bonds is 3. The first kappa shape index (κ1) is 9.76. The molecule has 6 heteroatoms. The number of nitrogens with zero attached hydrogens (tertiary/aromatic N) is 1. The second-order valence-electron chi connectivity index (χ2n) is 1.88. The summed E-state index contributed by atoms with van der Waals surface area (Å²) in [6.45, 7) is 0. The van der Waals surface area contributed by atoms with E-state index in [4.69, 9.17) is 0 Å². The highest BCUT2D eigenvalue weighted by atomic mass is 33.1. The lowest BCUT2D eigenvalue weighted by Gasteiger charge is -1.94. The van der Waals surface area contributed by atoms with Crippen molar-refractivity contribution in [3.63, 3.8) is 0 Å². The fraction of sp³-hybridized carbons (Fsp3) is 0. The molecule has 0 spiro atoms. The van der Waals surface area contributed by atoms with E-state index in [-0.39, 0.29) is 0 Å². The SMILES string of the molecule is O=[N+]([O-])Sc1cccc(SS)c1. The molecule has 12 heavy (non-hydrogen) atoms. The summed E-state index contributed by atoms with van der Waals surface area (Å²) in [6.07, 6.45) is 0. The third-order valence-electron chi connectivity index (χ3n) is 1.09. The molecule has 0 saturated carbocycles. The predicted molar refractivity (Wildman–Crippen MR) is 54.1 cm³/mol. The van der Waals surface area contributed by atoms with Gasteiger partial charge in [-0.05, 0) is 18.2 Å². The minimum atomic E-state index is -0.428. The standard InChI is InChI=1S/C6H5NO2S3/c8-7(9)11-5-2-1-3-6(4-5)12-10/h1-4,10H. The van der Waals surface area contributed by atoms with Crippen LogP contribution >= 0.6 is 34.4 Å². The van der Waals surface area contributed by atoms with Crippen LogP contribution in [0.25, 0.3) is 0 Å². The summed E-state index contributed by atoms with van der Waals surface area (Å²) in [5.74, 6) is 0. The van der Waals surface area contributed by atoms with E-state index < -0.39 is 4.33 Å². The number of hydrogen-bond acceptors (Lipinski definition) is 5. The van der Waals surface area contributed by atoms with Gasteiger partial charge in [0.25, 0.3) is 11.9 Å². The molecule has 0 aliphatic heterocycles. The number of benzene rings is 1. The molecular formula is C6H5NO2S3. The molecule has 0 unspecified atom stereocenters. The molecule has 0 heterocycles. The van der Waals surface area contributed by atoms with Gasteiger partial charge in [0.15, 0.2) is 0 Å². The van der Waals surface area contributed by atoms with Gasteiger partial charge in [-0.3, -0.25) is 10.1 Å². The molecular weight excluding hydrogens is 214 g/mol. The third kappa shape index (κ3) is 2.96. The second-order valence-corrected chi connectivity index (χ2v) is 4.03. The number of hydrogen-bond donors (Lipinski definition) is 1. The normalized spacial score (nSPS) is 9.75. The summed E-state index contributed by atoms with van der Waals surface area (Å²) in [5, 5.41) is 10.1. The molecule has 0 fully saturated rings. The molecule has 0 aliphatic rings. The molecule has 0 saturated heterocycles. The van der Waals surface area contributed by atoms with Gasteiger partial charge in [0.1, 0.15) is 4.33 Å². The quantitative estimate of drug-likeness (QED) is 0.279. The summed E-state index contributed by atoms with van der Waals surface area (Å²) in [5.41, 5.74) is 0. The van der Waals surface area contributed by atoms with Gasteiger partial charge >= 0.3 is 0 Å². The Labute approximate surface area is 83.0 Å². The maximum atomic E-state index is 10.1. The smallest absolute Gasteiger partial charge is 0.250 e. The van der Waals surface area contributed by atoms with Gasteiger partial charge in [-0.2, -0.15) is 0 Å². The van der Waals surface area contributed by atoms with Gasteiger partial charge in [0.2, 0.25) is 0 Å². The molecule has 1 rings (SSSR count). The van der Waals surface area contributed by atoms with Gasteiger partial charge in [-0.25, -0.2) is 0 Å². The van der Waals surface area contributed by atoms with Gasteiger partial charge in [0, 0.05) is 4.90 Å². The fourth-order valence-electron chi connectivity index (χ4n) is 0.674. The van der Waals surface area contributed by atoms with Crippen LogP contribution in [0.4, 0.5) is 0 Å². The highest BCUT2D eigenvalue weighted by molar-refractivity contribution is 8.68. The van der Waals surface area contributed by atoms with Crippen molar-refractivity contribution in [1.82, 2.24) is 0 Å². The van der Waals surface area contributed by atoms with Crippen molar-refractivity contribution >= 4 is 34.4 Å². The average Bonchev–Trinajstić information content (AvgIpc) is 2.03. The van der Waals surface area contributed by atoms with E-state index in [2.05, 4.69) is 11.7 Å². The molecule has 3 nitrogen and oxygen atoms in total. The summed E-state index contributed by atoms with van der Waals surface area (Å²) >= 11 is 4.59. The van der Waals surface area contributed by atoms with Crippen LogP contribution in [0.15, 0.2) is 34.1 Å². The Morgan fingerprint density at radius 3 is 2.67 bits per heavy atom. The van der Waals surface area contributed by atoms with Crippen LogP contribution < -0.4 is 0 Å². The molecule has 0 aliphatic carbocycles. The Balaban J connectivity index is 2.79. The fourth-order valence-corrected chi connectivity index (χ4v) is 1.90. The van der Waals surface area contributed by atoms with Gasteiger partial charge in [-0.15, -0.1) is 11.7 Å². The average molecular weight is 219 g/mol. The maximum Gasteiger partial charge on any atom is 0.265 e. The summed E-state index contributed by atoms with van der Waals surface area (Å²) in [4.78, 5) is 11.6. The minimum absolute atomic E-state index is 0.428. The van der Waals surface area contributed by atoms with E-state index in [9.17, 15) is 10.1 Å². The molecule has 1 aromatic carbocycles. The van der Waals surface area contributed by atoms with Gasteiger partial charge in [-0.1, -0.05) is 16.9 Å². The summed E-state index contributed by atoms with van der Waals surface area (Å²) < 4.78 is -0.428. The highest BCUT2D eigenvalue weighted by Gasteiger charge is 2.04. The Morgan fingerprint density at radius 1 is 1.42 bits per heavy atom. The second kappa shape index (κ2) is 4.64. The van der Waals surface area contributed by atoms with E-state index >= 15 is 0 Å². The molecule has 64 valence electrons. The van der Waals surface area contributed by atoms with Crippen molar-refractivity contribution in [2.24, 2.45) is 0 Å². The van der Waals surface area contributed by atoms with E-state index in [1.165, 1.54) is 10.8 Å². The van der Waals surface area contributed by atoms with Crippen molar-refractivity contribution in [2.75, 3.05) is 0 Å². The maximum absolute atomic E-state index is 10.1. The van der Waals surface area contributed by atoms with Crippen LogP contribution in [0, 0.1) is 10.1 Å². The molecule has 0 aromatic heterocycles. The van der Waals surface area contributed by atoms with Crippen molar-refractivity contribution in [3.05, 3.63) is 34.4 Å². The van der Waals surface area contributed by atoms with E-state index in [1.54, 1.807) is 18.2 Å². The van der Waals surface area contributed by atoms with Crippen molar-refractivity contribution in [3.8, 4) is 0 Å². The molecule has 0 atom stereocenters. The van der Waals surface area contributed by atoms with Gasteiger partial charge < -0.3 is 0 Å². The third-order valence-corrected chi connectivity index (χ3v) is 2.80.